The van der Waals surface area contributed by atoms with Crippen molar-refractivity contribution < 1.29 is 14.5 Å². The highest BCUT2D eigenvalue weighted by Gasteiger charge is 2.09. The SMILES string of the molecule is COC(=O)/C=C/c1ccc(C)c([N+](=O)[O-])c1. The fraction of sp³-hybridized carbons (Fsp3) is 0.182. The molecular weight excluding hydrogens is 210 g/mol. The molecule has 0 heterocycles. The van der Waals surface area contributed by atoms with Crippen molar-refractivity contribution in [2.24, 2.45) is 0 Å². The number of aryl methyl sites for hydroxylation is 1. The summed E-state index contributed by atoms with van der Waals surface area (Å²) in [5, 5.41) is 10.7. The van der Waals surface area contributed by atoms with E-state index in [9.17, 15) is 14.9 Å². The van der Waals surface area contributed by atoms with E-state index in [2.05, 4.69) is 4.74 Å². The van der Waals surface area contributed by atoms with Crippen LogP contribution in [0.5, 0.6) is 0 Å². The van der Waals surface area contributed by atoms with Crippen molar-refractivity contribution in [3.8, 4) is 0 Å². The second-order valence-corrected chi connectivity index (χ2v) is 3.16. The molecule has 1 aromatic carbocycles. The molecule has 16 heavy (non-hydrogen) atoms. The minimum absolute atomic E-state index is 0.0343. The van der Waals surface area contributed by atoms with Crippen molar-refractivity contribution in [1.29, 1.82) is 0 Å². The molecule has 1 rings (SSSR count). The van der Waals surface area contributed by atoms with E-state index in [1.165, 1.54) is 25.3 Å². The summed E-state index contributed by atoms with van der Waals surface area (Å²) >= 11 is 0. The Kier molecular flexibility index (Phi) is 3.77. The van der Waals surface area contributed by atoms with E-state index in [4.69, 9.17) is 0 Å². The first-order chi connectivity index (χ1) is 7.54. The van der Waals surface area contributed by atoms with E-state index in [1.54, 1.807) is 19.1 Å². The van der Waals surface area contributed by atoms with Crippen molar-refractivity contribution in [1.82, 2.24) is 0 Å². The number of rotatable bonds is 3. The summed E-state index contributed by atoms with van der Waals surface area (Å²) in [5.74, 6) is -0.497. The lowest BCUT2D eigenvalue weighted by atomic mass is 10.1. The van der Waals surface area contributed by atoms with Crippen LogP contribution >= 0.6 is 0 Å². The van der Waals surface area contributed by atoms with Crippen LogP contribution in [0, 0.1) is 17.0 Å². The molecule has 0 saturated heterocycles. The lowest BCUT2D eigenvalue weighted by molar-refractivity contribution is -0.385. The normalized spacial score (nSPS) is 10.4. The zero-order valence-corrected chi connectivity index (χ0v) is 8.97. The highest BCUT2D eigenvalue weighted by Crippen LogP contribution is 2.19. The van der Waals surface area contributed by atoms with Gasteiger partial charge in [0.1, 0.15) is 0 Å². The number of hydrogen-bond donors (Lipinski definition) is 0. The maximum atomic E-state index is 10.8. The molecule has 5 heteroatoms. The molecular formula is C11H11NO4. The number of carbonyl (C=O) groups excluding carboxylic acids is 1. The van der Waals surface area contributed by atoms with Crippen LogP contribution in [0.4, 0.5) is 5.69 Å². The molecule has 0 aromatic heterocycles. The fourth-order valence-corrected chi connectivity index (χ4v) is 1.16. The lowest BCUT2D eigenvalue weighted by Gasteiger charge is -1.98. The minimum atomic E-state index is -0.497. The minimum Gasteiger partial charge on any atom is -0.466 e. The number of nitro benzene ring substituents is 1. The third-order valence-corrected chi connectivity index (χ3v) is 2.04. The van der Waals surface area contributed by atoms with E-state index >= 15 is 0 Å². The number of ether oxygens (including phenoxy) is 1. The van der Waals surface area contributed by atoms with Crippen LogP contribution in [0.2, 0.25) is 0 Å². The molecule has 0 N–H and O–H groups in total. The van der Waals surface area contributed by atoms with Gasteiger partial charge in [0.05, 0.1) is 12.0 Å². The Morgan fingerprint density at radius 1 is 1.50 bits per heavy atom. The molecule has 0 unspecified atom stereocenters. The summed E-state index contributed by atoms with van der Waals surface area (Å²) < 4.78 is 4.41. The first kappa shape index (κ1) is 11.9. The van der Waals surface area contributed by atoms with E-state index in [0.29, 0.717) is 11.1 Å². The Balaban J connectivity index is 2.99. The monoisotopic (exact) mass is 221 g/mol. The molecule has 0 saturated carbocycles. The van der Waals surface area contributed by atoms with Crippen LogP contribution < -0.4 is 0 Å². The Bertz CT molecular complexity index is 451. The maximum Gasteiger partial charge on any atom is 0.330 e. The average molecular weight is 221 g/mol. The summed E-state index contributed by atoms with van der Waals surface area (Å²) in [4.78, 5) is 21.0. The Hall–Kier alpha value is -2.17. The summed E-state index contributed by atoms with van der Waals surface area (Å²) in [6, 6.07) is 4.74. The molecule has 5 nitrogen and oxygen atoms in total. The summed E-state index contributed by atoms with van der Waals surface area (Å²) in [7, 11) is 1.27. The van der Waals surface area contributed by atoms with Crippen LogP contribution in [0.15, 0.2) is 24.3 Å². The van der Waals surface area contributed by atoms with Crippen LogP contribution in [0.1, 0.15) is 11.1 Å². The van der Waals surface area contributed by atoms with Crippen LogP contribution in [0.3, 0.4) is 0 Å². The number of benzene rings is 1. The van der Waals surface area contributed by atoms with Gasteiger partial charge in [0.25, 0.3) is 5.69 Å². The Morgan fingerprint density at radius 3 is 2.75 bits per heavy atom. The highest BCUT2D eigenvalue weighted by atomic mass is 16.6. The number of hydrogen-bond acceptors (Lipinski definition) is 4. The van der Waals surface area contributed by atoms with E-state index in [1.807, 2.05) is 0 Å². The predicted octanol–water partition coefficient (Wildman–Crippen LogP) is 2.09. The van der Waals surface area contributed by atoms with Crippen molar-refractivity contribution in [2.75, 3.05) is 7.11 Å². The van der Waals surface area contributed by atoms with E-state index in [0.717, 1.165) is 0 Å². The number of nitro groups is 1. The van der Waals surface area contributed by atoms with E-state index < -0.39 is 10.9 Å². The molecule has 0 amide bonds. The van der Waals surface area contributed by atoms with Gasteiger partial charge >= 0.3 is 5.97 Å². The topological polar surface area (TPSA) is 69.4 Å². The summed E-state index contributed by atoms with van der Waals surface area (Å²) in [5.41, 5.74) is 1.20. The van der Waals surface area contributed by atoms with Gasteiger partial charge in [0.15, 0.2) is 0 Å². The number of carbonyl (C=O) groups is 1. The highest BCUT2D eigenvalue weighted by molar-refractivity contribution is 5.87. The third-order valence-electron chi connectivity index (χ3n) is 2.04. The first-order valence-corrected chi connectivity index (χ1v) is 4.55. The van der Waals surface area contributed by atoms with Crippen molar-refractivity contribution in [3.05, 3.63) is 45.5 Å². The second-order valence-electron chi connectivity index (χ2n) is 3.16. The molecule has 0 aliphatic carbocycles. The zero-order chi connectivity index (χ0) is 12.1. The summed E-state index contributed by atoms with van der Waals surface area (Å²) in [6.07, 6.45) is 2.69. The molecule has 0 aliphatic rings. The van der Waals surface area contributed by atoms with Crippen molar-refractivity contribution >= 4 is 17.7 Å². The largest absolute Gasteiger partial charge is 0.466 e. The molecule has 0 atom stereocenters. The Labute approximate surface area is 92.5 Å². The van der Waals surface area contributed by atoms with Gasteiger partial charge in [-0.25, -0.2) is 4.79 Å². The number of methoxy groups -OCH3 is 1. The first-order valence-electron chi connectivity index (χ1n) is 4.55. The van der Waals surface area contributed by atoms with Gasteiger partial charge in [0, 0.05) is 17.7 Å². The van der Waals surface area contributed by atoms with Gasteiger partial charge in [-0.05, 0) is 18.6 Å². The molecule has 0 aliphatic heterocycles. The fourth-order valence-electron chi connectivity index (χ4n) is 1.16. The van der Waals surface area contributed by atoms with Crippen LogP contribution in [0.25, 0.3) is 6.08 Å². The van der Waals surface area contributed by atoms with Gasteiger partial charge in [-0.3, -0.25) is 10.1 Å². The number of esters is 1. The van der Waals surface area contributed by atoms with Crippen molar-refractivity contribution in [2.45, 2.75) is 6.92 Å². The number of nitrogens with zero attached hydrogens (tertiary/aromatic N) is 1. The molecule has 0 fully saturated rings. The molecule has 1 aromatic rings. The molecule has 0 radical (unpaired) electrons. The van der Waals surface area contributed by atoms with E-state index in [-0.39, 0.29) is 5.69 Å². The predicted molar refractivity (Wildman–Crippen MR) is 58.9 cm³/mol. The van der Waals surface area contributed by atoms with Crippen molar-refractivity contribution in [3.63, 3.8) is 0 Å². The third kappa shape index (κ3) is 2.91. The average Bonchev–Trinajstić information content (AvgIpc) is 2.27. The van der Waals surface area contributed by atoms with Gasteiger partial charge in [-0.1, -0.05) is 12.1 Å². The Morgan fingerprint density at radius 2 is 2.19 bits per heavy atom. The second kappa shape index (κ2) is 5.06. The zero-order valence-electron chi connectivity index (χ0n) is 8.97. The maximum absolute atomic E-state index is 10.8. The van der Waals surface area contributed by atoms with Gasteiger partial charge in [-0.2, -0.15) is 0 Å². The molecule has 0 bridgehead atoms. The van der Waals surface area contributed by atoms with Gasteiger partial charge in [-0.15, -0.1) is 0 Å². The van der Waals surface area contributed by atoms with Gasteiger partial charge in [0.2, 0.25) is 0 Å². The van der Waals surface area contributed by atoms with Gasteiger partial charge < -0.3 is 4.74 Å². The van der Waals surface area contributed by atoms with Crippen LogP contribution in [-0.2, 0) is 9.53 Å². The summed E-state index contributed by atoms with van der Waals surface area (Å²) in [6.45, 7) is 1.66. The lowest BCUT2D eigenvalue weighted by Crippen LogP contribution is -1.94. The van der Waals surface area contributed by atoms with Crippen LogP contribution in [-0.4, -0.2) is 18.0 Å². The molecule has 84 valence electrons. The smallest absolute Gasteiger partial charge is 0.330 e. The standard InChI is InChI=1S/C11H11NO4/c1-8-3-4-9(5-6-11(13)16-2)7-10(8)12(14)15/h3-7H,1-2H3/b6-5+. The molecule has 0 spiro atoms. The quantitative estimate of drug-likeness (QED) is 0.339.